The molecule has 0 unspecified atom stereocenters. The highest BCUT2D eigenvalue weighted by Gasteiger charge is 2.35. The molecule has 2 rings (SSSR count). The Labute approximate surface area is 115 Å². The van der Waals surface area contributed by atoms with Crippen LogP contribution in [0.3, 0.4) is 0 Å². The van der Waals surface area contributed by atoms with Crippen molar-refractivity contribution in [3.05, 3.63) is 34.9 Å². The van der Waals surface area contributed by atoms with Crippen LogP contribution in [0.25, 0.3) is 0 Å². The lowest BCUT2D eigenvalue weighted by atomic mass is 9.87. The van der Waals surface area contributed by atoms with Gasteiger partial charge in [0.15, 0.2) is 0 Å². The van der Waals surface area contributed by atoms with Crippen molar-refractivity contribution in [2.45, 2.75) is 39.2 Å². The number of rotatable bonds is 2. The Morgan fingerprint density at radius 1 is 1.41 bits per heavy atom. The molecule has 1 nitrogen and oxygen atoms in total. The Hall–Kier alpha value is -0.240. The van der Waals surface area contributed by atoms with Crippen LogP contribution in [0.1, 0.15) is 44.8 Å². The van der Waals surface area contributed by atoms with Gasteiger partial charge in [-0.25, -0.2) is 0 Å². The Balaban J connectivity index is 0.00000144. The van der Waals surface area contributed by atoms with E-state index in [0.29, 0.717) is 16.4 Å². The lowest BCUT2D eigenvalue weighted by molar-refractivity contribution is 0.105. The zero-order valence-electron chi connectivity index (χ0n) is 10.3. The molecule has 0 aliphatic heterocycles. The molecule has 0 saturated heterocycles. The van der Waals surface area contributed by atoms with Gasteiger partial charge in [-0.3, -0.25) is 0 Å². The van der Waals surface area contributed by atoms with Crippen LogP contribution in [0.2, 0.25) is 5.02 Å². The number of aliphatic hydroxyl groups is 1. The Kier molecular flexibility index (Phi) is 4.88. The first-order chi connectivity index (χ1) is 7.48. The molecule has 1 fully saturated rings. The summed E-state index contributed by atoms with van der Waals surface area (Å²) in [6, 6.07) is 7.58. The third-order valence-corrected chi connectivity index (χ3v) is 3.88. The summed E-state index contributed by atoms with van der Waals surface area (Å²) in [7, 11) is 0. The minimum Gasteiger partial charge on any atom is -0.388 e. The van der Waals surface area contributed by atoms with Gasteiger partial charge < -0.3 is 5.11 Å². The largest absolute Gasteiger partial charge is 0.388 e. The molecule has 1 aromatic carbocycles. The molecule has 1 saturated carbocycles. The average molecular weight is 275 g/mol. The first-order valence-electron chi connectivity index (χ1n) is 5.91. The number of benzene rings is 1. The number of hydrogen-bond donors (Lipinski definition) is 1. The van der Waals surface area contributed by atoms with E-state index in [4.69, 9.17) is 11.6 Å². The summed E-state index contributed by atoms with van der Waals surface area (Å²) in [5.41, 5.74) is 1.33. The van der Waals surface area contributed by atoms with E-state index in [1.807, 2.05) is 24.3 Å². The zero-order chi connectivity index (χ0) is 11.8. The van der Waals surface area contributed by atoms with Crippen LogP contribution in [-0.4, -0.2) is 5.11 Å². The van der Waals surface area contributed by atoms with E-state index >= 15 is 0 Å². The van der Waals surface area contributed by atoms with Crippen molar-refractivity contribution in [1.29, 1.82) is 0 Å². The van der Waals surface area contributed by atoms with Crippen molar-refractivity contribution in [2.75, 3.05) is 0 Å². The fourth-order valence-corrected chi connectivity index (χ4v) is 2.92. The monoisotopic (exact) mass is 274 g/mol. The number of halogens is 2. The molecule has 0 radical (unpaired) electrons. The molecule has 1 aliphatic rings. The minimum absolute atomic E-state index is 0. The highest BCUT2D eigenvalue weighted by molar-refractivity contribution is 6.30. The summed E-state index contributed by atoms with van der Waals surface area (Å²) in [4.78, 5) is 0. The van der Waals surface area contributed by atoms with Gasteiger partial charge in [0, 0.05) is 5.02 Å². The standard InChI is InChI=1S/C14H19ClO.ClH/c1-14(2)7-6-11(9-14)13(16)10-4-3-5-12(15)8-10;/h3-5,8,11,13,16H,6-7,9H2,1-2H3;1H/t11-,13-;/m0./s1. The van der Waals surface area contributed by atoms with Gasteiger partial charge in [-0.15, -0.1) is 12.4 Å². The fourth-order valence-electron chi connectivity index (χ4n) is 2.72. The highest BCUT2D eigenvalue weighted by atomic mass is 35.5. The second-order valence-electron chi connectivity index (χ2n) is 5.67. The van der Waals surface area contributed by atoms with E-state index in [1.165, 1.54) is 6.42 Å². The molecule has 1 aromatic rings. The molecule has 96 valence electrons. The molecule has 0 heterocycles. The Morgan fingerprint density at radius 2 is 2.12 bits per heavy atom. The van der Waals surface area contributed by atoms with E-state index in [-0.39, 0.29) is 18.5 Å². The van der Waals surface area contributed by atoms with Gasteiger partial charge in [0.1, 0.15) is 0 Å². The first-order valence-corrected chi connectivity index (χ1v) is 6.29. The third-order valence-electron chi connectivity index (χ3n) is 3.64. The molecule has 0 spiro atoms. The maximum absolute atomic E-state index is 10.3. The summed E-state index contributed by atoms with van der Waals surface area (Å²) in [6.07, 6.45) is 3.05. The topological polar surface area (TPSA) is 20.2 Å². The molecular formula is C14H20Cl2O. The predicted octanol–water partition coefficient (Wildman–Crippen LogP) is 4.62. The molecule has 17 heavy (non-hydrogen) atoms. The molecule has 1 N–H and O–H groups in total. The van der Waals surface area contributed by atoms with Crippen LogP contribution in [-0.2, 0) is 0 Å². The third kappa shape index (κ3) is 3.61. The summed E-state index contributed by atoms with van der Waals surface area (Å²) in [5, 5.41) is 11.0. The SMILES string of the molecule is CC1(C)CC[C@H]([C@@H](O)c2cccc(Cl)c2)C1.Cl. The summed E-state index contributed by atoms with van der Waals surface area (Å²) in [6.45, 7) is 4.55. The average Bonchev–Trinajstić information content (AvgIpc) is 2.58. The van der Waals surface area contributed by atoms with Crippen LogP contribution in [0.5, 0.6) is 0 Å². The second-order valence-corrected chi connectivity index (χ2v) is 6.10. The van der Waals surface area contributed by atoms with Crippen molar-refractivity contribution in [2.24, 2.45) is 11.3 Å². The van der Waals surface area contributed by atoms with Gasteiger partial charge in [-0.2, -0.15) is 0 Å². The van der Waals surface area contributed by atoms with Gasteiger partial charge in [0.05, 0.1) is 6.10 Å². The van der Waals surface area contributed by atoms with Crippen molar-refractivity contribution in [3.63, 3.8) is 0 Å². The highest BCUT2D eigenvalue weighted by Crippen LogP contribution is 2.46. The zero-order valence-corrected chi connectivity index (χ0v) is 11.9. The van der Waals surface area contributed by atoms with Gasteiger partial charge in [-0.1, -0.05) is 37.6 Å². The van der Waals surface area contributed by atoms with Crippen molar-refractivity contribution in [3.8, 4) is 0 Å². The molecule has 3 heteroatoms. The van der Waals surface area contributed by atoms with Crippen LogP contribution < -0.4 is 0 Å². The quantitative estimate of drug-likeness (QED) is 0.834. The van der Waals surface area contributed by atoms with Crippen LogP contribution in [0.4, 0.5) is 0 Å². The molecule has 0 bridgehead atoms. The molecule has 1 aliphatic carbocycles. The van der Waals surface area contributed by atoms with Gasteiger partial charge >= 0.3 is 0 Å². The number of hydrogen-bond acceptors (Lipinski definition) is 1. The van der Waals surface area contributed by atoms with Crippen LogP contribution in [0, 0.1) is 11.3 Å². The first kappa shape index (κ1) is 14.8. The summed E-state index contributed by atoms with van der Waals surface area (Å²) >= 11 is 5.94. The normalized spacial score (nSPS) is 24.1. The van der Waals surface area contributed by atoms with Gasteiger partial charge in [0.2, 0.25) is 0 Å². The van der Waals surface area contributed by atoms with E-state index in [1.54, 1.807) is 0 Å². The lowest BCUT2D eigenvalue weighted by Crippen LogP contribution is -2.12. The van der Waals surface area contributed by atoms with Crippen molar-refractivity contribution >= 4 is 24.0 Å². The summed E-state index contributed by atoms with van der Waals surface area (Å²) in [5.74, 6) is 0.383. The van der Waals surface area contributed by atoms with E-state index in [9.17, 15) is 5.11 Å². The molecule has 0 aromatic heterocycles. The summed E-state index contributed by atoms with van der Waals surface area (Å²) < 4.78 is 0. The van der Waals surface area contributed by atoms with Crippen molar-refractivity contribution < 1.29 is 5.11 Å². The predicted molar refractivity (Wildman–Crippen MR) is 74.8 cm³/mol. The van der Waals surface area contributed by atoms with Gasteiger partial charge in [-0.05, 0) is 48.3 Å². The smallest absolute Gasteiger partial charge is 0.0818 e. The van der Waals surface area contributed by atoms with Gasteiger partial charge in [0.25, 0.3) is 0 Å². The van der Waals surface area contributed by atoms with Crippen LogP contribution >= 0.6 is 24.0 Å². The minimum atomic E-state index is -0.361. The number of aliphatic hydroxyl groups excluding tert-OH is 1. The van der Waals surface area contributed by atoms with Crippen LogP contribution in [0.15, 0.2) is 24.3 Å². The Morgan fingerprint density at radius 3 is 2.65 bits per heavy atom. The molecule has 2 atom stereocenters. The van der Waals surface area contributed by atoms with E-state index in [0.717, 1.165) is 18.4 Å². The fraction of sp³-hybridized carbons (Fsp3) is 0.571. The molecule has 0 amide bonds. The van der Waals surface area contributed by atoms with E-state index in [2.05, 4.69) is 13.8 Å². The lowest BCUT2D eigenvalue weighted by Gasteiger charge is -2.21. The second kappa shape index (κ2) is 5.60. The maximum Gasteiger partial charge on any atom is 0.0818 e. The Bertz CT molecular complexity index is 376. The van der Waals surface area contributed by atoms with E-state index < -0.39 is 0 Å². The maximum atomic E-state index is 10.3. The molecular weight excluding hydrogens is 255 g/mol. The van der Waals surface area contributed by atoms with Crippen molar-refractivity contribution in [1.82, 2.24) is 0 Å².